The van der Waals surface area contributed by atoms with E-state index in [2.05, 4.69) is 30.0 Å². The maximum absolute atomic E-state index is 11.4. The Bertz CT molecular complexity index is 683. The molecule has 0 fully saturated rings. The average Bonchev–Trinajstić information content (AvgIpc) is 2.37. The van der Waals surface area contributed by atoms with Gasteiger partial charge in [-0.05, 0) is 36.8 Å². The molecule has 0 aromatic heterocycles. The molecule has 0 amide bonds. The number of hydrogen-bond acceptors (Lipinski definition) is 3. The summed E-state index contributed by atoms with van der Waals surface area (Å²) in [6, 6.07) is 6.39. The highest BCUT2D eigenvalue weighted by Gasteiger charge is 2.06. The molecule has 0 unspecified atom stereocenters. The Labute approximate surface area is 126 Å². The minimum absolute atomic E-state index is 0.270. The number of allylic oxidation sites excluding steroid dienone is 2. The van der Waals surface area contributed by atoms with Crippen LogP contribution in [0.4, 0.5) is 5.69 Å². The molecule has 21 heavy (non-hydrogen) atoms. The summed E-state index contributed by atoms with van der Waals surface area (Å²) < 4.78 is 22.8. The number of rotatable bonds is 6. The molecule has 0 aliphatic heterocycles. The van der Waals surface area contributed by atoms with Gasteiger partial charge in [0.1, 0.15) is 5.84 Å². The Morgan fingerprint density at radius 1 is 1.29 bits per heavy atom. The molecular weight excluding hydrogens is 284 g/mol. The van der Waals surface area contributed by atoms with Gasteiger partial charge >= 0.3 is 0 Å². The molecule has 0 aliphatic carbocycles. The maximum atomic E-state index is 11.4. The van der Waals surface area contributed by atoms with Gasteiger partial charge < -0.3 is 5.32 Å². The minimum atomic E-state index is -3.20. The molecule has 0 bridgehead atoms. The first-order valence-corrected chi connectivity index (χ1v) is 8.22. The van der Waals surface area contributed by atoms with Crippen LogP contribution in [0.3, 0.4) is 0 Å². The fourth-order valence-corrected chi connectivity index (χ4v) is 2.20. The van der Waals surface area contributed by atoms with Gasteiger partial charge in [0.15, 0.2) is 9.84 Å². The fourth-order valence-electron chi connectivity index (χ4n) is 1.57. The zero-order valence-corrected chi connectivity index (χ0v) is 13.2. The minimum Gasteiger partial charge on any atom is -0.348 e. The van der Waals surface area contributed by atoms with Gasteiger partial charge in [0, 0.05) is 18.4 Å². The van der Waals surface area contributed by atoms with Crippen LogP contribution in [-0.2, 0) is 9.84 Å². The third kappa shape index (κ3) is 5.79. The molecule has 1 aromatic carbocycles. The van der Waals surface area contributed by atoms with E-state index < -0.39 is 9.84 Å². The van der Waals surface area contributed by atoms with Crippen molar-refractivity contribution in [2.75, 3.05) is 6.26 Å². The summed E-state index contributed by atoms with van der Waals surface area (Å²) in [5.41, 5.74) is 2.25. The Kier molecular flexibility index (Phi) is 5.67. The number of amidine groups is 1. The van der Waals surface area contributed by atoms with Gasteiger partial charge in [-0.25, -0.2) is 13.4 Å². The lowest BCUT2D eigenvalue weighted by molar-refractivity contribution is 0.602. The van der Waals surface area contributed by atoms with Crippen LogP contribution in [0.25, 0.3) is 0 Å². The highest BCUT2D eigenvalue weighted by atomic mass is 32.2. The van der Waals surface area contributed by atoms with Gasteiger partial charge in [0.05, 0.1) is 10.6 Å². The van der Waals surface area contributed by atoms with Crippen LogP contribution in [-0.4, -0.2) is 20.5 Å². The topological polar surface area (TPSA) is 58.5 Å². The van der Waals surface area contributed by atoms with Crippen molar-refractivity contribution in [3.63, 3.8) is 0 Å². The Hall–Kier alpha value is -2.14. The quantitative estimate of drug-likeness (QED) is 0.498. The van der Waals surface area contributed by atoms with E-state index in [0.29, 0.717) is 17.9 Å². The molecule has 0 atom stereocenters. The lowest BCUT2D eigenvalue weighted by Gasteiger charge is -2.10. The van der Waals surface area contributed by atoms with Crippen molar-refractivity contribution in [3.8, 4) is 0 Å². The van der Waals surface area contributed by atoms with E-state index in [1.165, 1.54) is 18.4 Å². The van der Waals surface area contributed by atoms with E-state index in [1.807, 2.05) is 6.92 Å². The first kappa shape index (κ1) is 16.9. The summed E-state index contributed by atoms with van der Waals surface area (Å²) in [6.07, 6.45) is 3.36. The molecule has 1 aromatic rings. The molecule has 0 saturated heterocycles. The van der Waals surface area contributed by atoms with Crippen LogP contribution >= 0.6 is 0 Å². The lowest BCUT2D eigenvalue weighted by Crippen LogP contribution is -2.20. The van der Waals surface area contributed by atoms with Crippen LogP contribution < -0.4 is 5.32 Å². The van der Waals surface area contributed by atoms with E-state index >= 15 is 0 Å². The van der Waals surface area contributed by atoms with Crippen molar-refractivity contribution in [3.05, 3.63) is 61.3 Å². The monoisotopic (exact) mass is 304 g/mol. The Morgan fingerprint density at radius 3 is 2.29 bits per heavy atom. The van der Waals surface area contributed by atoms with Crippen molar-refractivity contribution in [2.45, 2.75) is 18.2 Å². The normalized spacial score (nSPS) is 11.8. The van der Waals surface area contributed by atoms with Crippen LogP contribution in [0.15, 0.2) is 71.2 Å². The van der Waals surface area contributed by atoms with E-state index in [1.54, 1.807) is 18.2 Å². The standard InChI is InChI=1S/C16H20N2O2S/c1-6-13(4)11-16(17-12(2)3)18-14-7-9-15(10-8-14)21(5,19)20/h6-10H,1-2,4,11H2,3,5H3,(H,17,18). The summed E-state index contributed by atoms with van der Waals surface area (Å²) in [5.74, 6) is 0.680. The average molecular weight is 304 g/mol. The van der Waals surface area contributed by atoms with Gasteiger partial charge in [-0.3, -0.25) is 0 Å². The van der Waals surface area contributed by atoms with Crippen molar-refractivity contribution >= 4 is 21.4 Å². The molecule has 112 valence electrons. The third-order valence-corrected chi connectivity index (χ3v) is 3.70. The fraction of sp³-hybridized carbons (Fsp3) is 0.188. The van der Waals surface area contributed by atoms with Crippen molar-refractivity contribution in [1.82, 2.24) is 5.32 Å². The summed E-state index contributed by atoms with van der Waals surface area (Å²) >= 11 is 0. The van der Waals surface area contributed by atoms with Gasteiger partial charge in [-0.15, -0.1) is 0 Å². The number of nitrogens with one attached hydrogen (secondary N) is 1. The smallest absolute Gasteiger partial charge is 0.175 e. The highest BCUT2D eigenvalue weighted by molar-refractivity contribution is 7.90. The molecule has 5 heteroatoms. The summed E-state index contributed by atoms with van der Waals surface area (Å²) in [7, 11) is -3.20. The number of benzene rings is 1. The highest BCUT2D eigenvalue weighted by Crippen LogP contribution is 2.17. The van der Waals surface area contributed by atoms with Crippen LogP contribution in [0.2, 0.25) is 0 Å². The first-order chi connectivity index (χ1) is 9.72. The summed E-state index contributed by atoms with van der Waals surface area (Å²) in [4.78, 5) is 4.72. The third-order valence-electron chi connectivity index (χ3n) is 2.57. The van der Waals surface area contributed by atoms with E-state index in [0.717, 1.165) is 11.3 Å². The van der Waals surface area contributed by atoms with Gasteiger partial charge in [0.2, 0.25) is 0 Å². The zero-order chi connectivity index (χ0) is 16.0. The van der Waals surface area contributed by atoms with Crippen molar-refractivity contribution < 1.29 is 8.42 Å². The second kappa shape index (κ2) is 7.04. The van der Waals surface area contributed by atoms with Crippen LogP contribution in [0.5, 0.6) is 0 Å². The number of hydrogen-bond donors (Lipinski definition) is 1. The van der Waals surface area contributed by atoms with Crippen molar-refractivity contribution in [2.24, 2.45) is 4.99 Å². The summed E-state index contributed by atoms with van der Waals surface area (Å²) in [6.45, 7) is 13.1. The van der Waals surface area contributed by atoms with Crippen LogP contribution in [0, 0.1) is 0 Å². The molecular formula is C16H20N2O2S. The van der Waals surface area contributed by atoms with Gasteiger partial charge in [-0.1, -0.05) is 25.8 Å². The number of sulfone groups is 1. The molecule has 1 rings (SSSR count). The van der Waals surface area contributed by atoms with Gasteiger partial charge in [-0.2, -0.15) is 0 Å². The maximum Gasteiger partial charge on any atom is 0.175 e. The Balaban J connectivity index is 3.06. The largest absolute Gasteiger partial charge is 0.348 e. The number of nitrogens with zero attached hydrogens (tertiary/aromatic N) is 1. The molecule has 4 nitrogen and oxygen atoms in total. The second-order valence-electron chi connectivity index (χ2n) is 4.77. The van der Waals surface area contributed by atoms with Crippen molar-refractivity contribution in [1.29, 1.82) is 0 Å². The SMILES string of the molecule is C=CC(=C)CC(=Nc1ccc(S(C)(=O)=O)cc1)NC(=C)C. The zero-order valence-electron chi connectivity index (χ0n) is 12.4. The molecule has 1 N–H and O–H groups in total. The molecule has 0 saturated carbocycles. The van der Waals surface area contributed by atoms with E-state index in [4.69, 9.17) is 0 Å². The molecule has 0 spiro atoms. The molecule has 0 radical (unpaired) electrons. The Morgan fingerprint density at radius 2 is 1.86 bits per heavy atom. The summed E-state index contributed by atoms with van der Waals surface area (Å²) in [5, 5.41) is 3.07. The molecule has 0 aliphatic rings. The van der Waals surface area contributed by atoms with Gasteiger partial charge in [0.25, 0.3) is 0 Å². The van der Waals surface area contributed by atoms with E-state index in [-0.39, 0.29) is 4.90 Å². The number of aliphatic imine (C=N–C) groups is 1. The predicted molar refractivity (Wildman–Crippen MR) is 88.6 cm³/mol. The lowest BCUT2D eigenvalue weighted by atomic mass is 10.2. The molecule has 0 heterocycles. The first-order valence-electron chi connectivity index (χ1n) is 6.33. The second-order valence-corrected chi connectivity index (χ2v) is 6.78. The predicted octanol–water partition coefficient (Wildman–Crippen LogP) is 3.38. The van der Waals surface area contributed by atoms with E-state index in [9.17, 15) is 8.42 Å². The van der Waals surface area contributed by atoms with Crippen LogP contribution in [0.1, 0.15) is 13.3 Å².